The number of sulfonamides is 1. The van der Waals surface area contributed by atoms with Gasteiger partial charge in [-0.3, -0.25) is 19.3 Å². The fraction of sp³-hybridized carbons (Fsp3) is 0.943. The van der Waals surface area contributed by atoms with Gasteiger partial charge in [-0.2, -0.15) is 39.4 Å². The number of carbonyl (C=O) groups is 4. The van der Waals surface area contributed by atoms with Crippen LogP contribution in [-0.4, -0.2) is 160 Å². The van der Waals surface area contributed by atoms with Crippen molar-refractivity contribution in [3.8, 4) is 0 Å². The maximum atomic E-state index is 12.4. The van der Waals surface area contributed by atoms with E-state index in [0.29, 0.717) is 56.9 Å². The lowest BCUT2D eigenvalue weighted by Gasteiger charge is -2.39. The van der Waals surface area contributed by atoms with Crippen molar-refractivity contribution in [2.75, 3.05) is 84.9 Å². The first-order chi connectivity index (χ1) is 40.9. The highest BCUT2D eigenvalue weighted by molar-refractivity contribution is 7.88. The van der Waals surface area contributed by atoms with E-state index in [-0.39, 0.29) is 59.1 Å². The number of ketones is 1. The molecule has 0 radical (unpaired) electrons. The number of hydrogen-bond acceptors (Lipinski definition) is 8. The van der Waals surface area contributed by atoms with E-state index in [1.54, 1.807) is 6.92 Å². The second-order valence-corrected chi connectivity index (χ2v) is 34.3. The Kier molecular flexibility index (Phi) is 41.5. The van der Waals surface area contributed by atoms with Crippen molar-refractivity contribution in [2.24, 2.45) is 73.9 Å². The molecule has 1 saturated carbocycles. The molecule has 2 aliphatic heterocycles. The molecule has 3 rings (SSSR count). The van der Waals surface area contributed by atoms with Gasteiger partial charge >= 0.3 is 19.0 Å². The largest absolute Gasteiger partial charge is 0.406 e. The Bertz CT molecular complexity index is 2140. The minimum Gasteiger partial charge on any atom is -0.342 e. The summed E-state index contributed by atoms with van der Waals surface area (Å²) in [4.78, 5) is 53.1. The zero-order valence-corrected chi connectivity index (χ0v) is 63.2. The summed E-state index contributed by atoms with van der Waals surface area (Å²) in [6.07, 6.45) is 2.53. The molecule has 6 atom stereocenters. The Morgan fingerprint density at radius 3 is 1.19 bits per heavy atom. The van der Waals surface area contributed by atoms with Crippen molar-refractivity contribution in [2.45, 2.75) is 270 Å². The number of likely N-dealkylation sites (tertiary alicyclic amines) is 1. The molecule has 6 unspecified atom stereocenters. The average Bonchev–Trinajstić information content (AvgIpc) is 4.02. The van der Waals surface area contributed by atoms with Crippen molar-refractivity contribution >= 4 is 33.5 Å². The highest BCUT2D eigenvalue weighted by Crippen LogP contribution is 2.36. The lowest BCUT2D eigenvalue weighted by molar-refractivity contribution is -0.162. The van der Waals surface area contributed by atoms with Crippen molar-refractivity contribution in [3.63, 3.8) is 0 Å². The number of piperazine rings is 1. The van der Waals surface area contributed by atoms with Gasteiger partial charge in [0.15, 0.2) is 0 Å². The second kappa shape index (κ2) is 40.8. The summed E-state index contributed by atoms with van der Waals surface area (Å²) in [7, 11) is -3.85. The lowest BCUT2D eigenvalue weighted by Crippen LogP contribution is -2.51. The van der Waals surface area contributed by atoms with Crippen molar-refractivity contribution in [1.29, 1.82) is 0 Å². The predicted octanol–water partition coefficient (Wildman–Crippen LogP) is 18.0. The summed E-state index contributed by atoms with van der Waals surface area (Å²) in [5.74, 6) is 3.01. The quantitative estimate of drug-likeness (QED) is 0.0926. The van der Waals surface area contributed by atoms with E-state index in [1.165, 1.54) is 19.9 Å². The van der Waals surface area contributed by atoms with E-state index in [4.69, 9.17) is 0 Å². The fourth-order valence-corrected chi connectivity index (χ4v) is 12.2. The molecular formula is C70H135F8N5O7S. The highest BCUT2D eigenvalue weighted by Gasteiger charge is 2.39. The molecule has 3 fully saturated rings. The second-order valence-electron chi connectivity index (χ2n) is 32.4. The predicted molar refractivity (Wildman–Crippen MR) is 359 cm³/mol. The lowest BCUT2D eigenvalue weighted by atomic mass is 9.76. The van der Waals surface area contributed by atoms with Crippen LogP contribution in [0.4, 0.5) is 35.1 Å². The molecule has 91 heavy (non-hydrogen) atoms. The Hall–Kier alpha value is -2.65. The Morgan fingerprint density at radius 2 is 0.912 bits per heavy atom. The number of Topliss-reactive ketones (excluding diaryl/α,β-unsaturated/α-hetero) is 1. The van der Waals surface area contributed by atoms with Crippen LogP contribution in [-0.2, 0) is 33.9 Å². The maximum Gasteiger partial charge on any atom is 0.406 e. The molecule has 544 valence electrons. The van der Waals surface area contributed by atoms with Gasteiger partial charge in [-0.15, -0.1) is 0 Å². The number of nitrogens with zero attached hydrogens (tertiary/aromatic N) is 5. The van der Waals surface area contributed by atoms with E-state index >= 15 is 0 Å². The van der Waals surface area contributed by atoms with Gasteiger partial charge < -0.3 is 24.2 Å². The average molecular weight is 1340 g/mol. The van der Waals surface area contributed by atoms with Crippen LogP contribution in [0.3, 0.4) is 0 Å². The van der Waals surface area contributed by atoms with Gasteiger partial charge in [0.05, 0.1) is 12.9 Å². The molecule has 0 spiro atoms. The Morgan fingerprint density at radius 1 is 0.538 bits per heavy atom. The number of hydrogen-bond donors (Lipinski definition) is 0. The third-order valence-electron chi connectivity index (χ3n) is 18.5. The molecule has 0 N–H and O–H groups in total. The molecule has 2 heterocycles. The topological polar surface area (TPSA) is 128 Å². The molecule has 3 aliphatic rings. The molecule has 1 aliphatic carbocycles. The van der Waals surface area contributed by atoms with Gasteiger partial charge in [0.25, 0.3) is 0 Å². The summed E-state index contributed by atoms with van der Waals surface area (Å²) in [5, 5.41) is 0. The molecule has 12 nitrogen and oxygen atoms in total. The number of amides is 3. The van der Waals surface area contributed by atoms with Gasteiger partial charge in [0, 0.05) is 84.6 Å². The van der Waals surface area contributed by atoms with Crippen LogP contribution in [0.2, 0.25) is 0 Å². The van der Waals surface area contributed by atoms with Gasteiger partial charge in [0.1, 0.15) is 18.9 Å². The van der Waals surface area contributed by atoms with Crippen LogP contribution in [0.15, 0.2) is 0 Å². The van der Waals surface area contributed by atoms with Gasteiger partial charge in [-0.1, -0.05) is 205 Å². The zero-order chi connectivity index (χ0) is 72.3. The van der Waals surface area contributed by atoms with E-state index in [1.807, 2.05) is 88.0 Å². The highest BCUT2D eigenvalue weighted by atomic mass is 32.2. The Labute approximate surface area is 551 Å². The molecule has 3 amide bonds. The summed E-state index contributed by atoms with van der Waals surface area (Å²) in [6.45, 7) is 55.6. The molecule has 2 saturated heterocycles. The standard InChI is InChI=1S/C16H30N2O.C12H22F3NO.C12H23NO.C11H22F3NO2S.C10H20O.C9H18F2O/c1-5-14(16(2,3)4)12-17-8-10-18(11-9-17)15(19)13-6-7-13;1-6-10(11(3,4)5)7-16(9(2)17)8-12(13,14)15;1-5-10(12(2,3)4)9-13-8-6-7-11(13)14;1-6-9(10(2,3)4)7-15(18(5,16)17)8-11(12,13)14;1-6-9(7-8(2)11)10(3,4)5;1-5-7(9(2,3)4)6-12-8(10)11/h13-14H,5-12H2,1-4H3;10H,6-8H2,1-5H3;10H,5-9H2,1-4H3;9H,6-8H2,1-5H3;9H,6-7H2,1-5H3;7-8H,5-6H2,1-4H3. The van der Waals surface area contributed by atoms with Gasteiger partial charge in [-0.05, 0) is 94.2 Å². The molecule has 0 aromatic carbocycles. The third kappa shape index (κ3) is 43.2. The smallest absolute Gasteiger partial charge is 0.342 e. The summed E-state index contributed by atoms with van der Waals surface area (Å²) in [5.41, 5.74) is 0.689. The number of ether oxygens (including phenoxy) is 1. The van der Waals surface area contributed by atoms with E-state index in [0.717, 1.165) is 114 Å². The number of alkyl halides is 8. The molecule has 0 bridgehead atoms. The summed E-state index contributed by atoms with van der Waals surface area (Å²) < 4.78 is 125. The van der Waals surface area contributed by atoms with E-state index in [2.05, 4.69) is 97.6 Å². The van der Waals surface area contributed by atoms with E-state index in [9.17, 15) is 62.7 Å². The third-order valence-corrected chi connectivity index (χ3v) is 19.7. The van der Waals surface area contributed by atoms with Gasteiger partial charge in [0.2, 0.25) is 27.7 Å². The summed E-state index contributed by atoms with van der Waals surface area (Å²) in [6, 6.07) is 0. The van der Waals surface area contributed by atoms with Crippen molar-refractivity contribution < 1.29 is 67.5 Å². The van der Waals surface area contributed by atoms with Crippen LogP contribution < -0.4 is 0 Å². The van der Waals surface area contributed by atoms with E-state index < -0.39 is 48.0 Å². The molecule has 0 aromatic rings. The summed E-state index contributed by atoms with van der Waals surface area (Å²) >= 11 is 0. The number of halogens is 8. The fourth-order valence-electron chi connectivity index (χ4n) is 11.4. The molecule has 21 heteroatoms. The van der Waals surface area contributed by atoms with Gasteiger partial charge in [-0.25, -0.2) is 8.42 Å². The minimum absolute atomic E-state index is 0.0453. The minimum atomic E-state index is -4.51. The van der Waals surface area contributed by atoms with Crippen LogP contribution in [0, 0.1) is 73.9 Å². The van der Waals surface area contributed by atoms with Crippen LogP contribution in [0.1, 0.15) is 251 Å². The Balaban J connectivity index is -0.00000103. The zero-order valence-electron chi connectivity index (χ0n) is 62.4. The normalized spacial score (nSPS) is 17.7. The monoisotopic (exact) mass is 1340 g/mol. The van der Waals surface area contributed by atoms with Crippen LogP contribution in [0.5, 0.6) is 0 Å². The van der Waals surface area contributed by atoms with Crippen molar-refractivity contribution in [3.05, 3.63) is 0 Å². The SMILES string of the molecule is CCC(CC(C)=O)C(C)(C)C.CCC(CN(CC(F)(F)F)C(C)=O)C(C)(C)C.CCC(CN(CC(F)(F)F)S(C)(=O)=O)C(C)(C)C.CCC(CN1CCCC1=O)C(C)(C)C.CCC(CN1CCN(C(=O)C2CC2)CC1)C(C)(C)C.CCC(COC(F)F)C(C)(C)C. The first-order valence-electron chi connectivity index (χ1n) is 33.9. The van der Waals surface area contributed by atoms with Crippen LogP contribution in [0.25, 0.3) is 0 Å². The first-order valence-corrected chi connectivity index (χ1v) is 35.7. The first kappa shape index (κ1) is 92.5. The number of rotatable bonds is 23. The molecule has 0 aromatic heterocycles. The van der Waals surface area contributed by atoms with Crippen molar-refractivity contribution in [1.82, 2.24) is 23.9 Å². The maximum absolute atomic E-state index is 12.4. The molecular weight excluding hydrogens is 1210 g/mol. The number of carbonyl (C=O) groups excluding carboxylic acids is 4. The van der Waals surface area contributed by atoms with Crippen LogP contribution >= 0.6 is 0 Å².